The highest BCUT2D eigenvalue weighted by Gasteiger charge is 2.46. The van der Waals surface area contributed by atoms with Crippen molar-refractivity contribution < 1.29 is 5.48 Å². The van der Waals surface area contributed by atoms with E-state index in [1.165, 1.54) is 22.3 Å². The van der Waals surface area contributed by atoms with Crippen LogP contribution in [0.3, 0.4) is 0 Å². The normalized spacial score (nSPS) is 22.3. The minimum Gasteiger partial charge on any atom is -0.356 e. The third kappa shape index (κ3) is 5.87. The van der Waals surface area contributed by atoms with E-state index >= 15 is 0 Å². The maximum atomic E-state index is 9.15. The number of nitrogens with one attached hydrogen (secondary N) is 1. The van der Waals surface area contributed by atoms with Crippen LogP contribution in [0.2, 0.25) is 0 Å². The van der Waals surface area contributed by atoms with E-state index in [9.17, 15) is 0 Å². The lowest BCUT2D eigenvalue weighted by atomic mass is 9.66. The predicted molar refractivity (Wildman–Crippen MR) is 222 cm³/mol. The van der Waals surface area contributed by atoms with Crippen molar-refractivity contribution in [2.24, 2.45) is 17.8 Å². The average Bonchev–Trinajstić information content (AvgIpc) is 3.53. The van der Waals surface area contributed by atoms with Crippen LogP contribution in [0.25, 0.3) is 17.2 Å². The zero-order valence-electron chi connectivity index (χ0n) is 33.4. The molecule has 1 nitrogen and oxygen atoms in total. The van der Waals surface area contributed by atoms with Gasteiger partial charge in [-0.2, -0.15) is 0 Å². The summed E-state index contributed by atoms with van der Waals surface area (Å²) in [6, 6.07) is 24.7. The lowest BCUT2D eigenvalue weighted by Gasteiger charge is -2.35. The molecule has 0 aromatic heterocycles. The van der Waals surface area contributed by atoms with Crippen molar-refractivity contribution in [2.45, 2.75) is 24.7 Å². The molecule has 4 aromatic carbocycles. The molecule has 4 aliphatic rings. The van der Waals surface area contributed by atoms with Crippen LogP contribution in [-0.2, 0) is 5.41 Å². The fourth-order valence-electron chi connectivity index (χ4n) is 8.51. The van der Waals surface area contributed by atoms with Crippen molar-refractivity contribution in [3.05, 3.63) is 234 Å². The maximum Gasteiger partial charge on any atom is 0.0671 e. The van der Waals surface area contributed by atoms with Crippen molar-refractivity contribution in [3.63, 3.8) is 0 Å². The Balaban J connectivity index is 1.17. The highest BCUT2D eigenvalue weighted by molar-refractivity contribution is 5.87. The number of rotatable bonds is 12. The van der Waals surface area contributed by atoms with Crippen LogP contribution in [0.1, 0.15) is 47.0 Å². The van der Waals surface area contributed by atoms with Crippen LogP contribution in [0.4, 0.5) is 11.4 Å². The number of allylic oxidation sites excluding steroid dienone is 16. The van der Waals surface area contributed by atoms with Gasteiger partial charge in [0.05, 0.1) is 10.9 Å². The fourth-order valence-corrected chi connectivity index (χ4v) is 8.51. The fraction of sp³-hybridized carbons (Fsp3) is 0.137. The van der Waals surface area contributed by atoms with Gasteiger partial charge in [0.1, 0.15) is 0 Å². The first kappa shape index (κ1) is 28.7. The molecule has 0 fully saturated rings. The molecule has 0 heterocycles. The van der Waals surface area contributed by atoms with E-state index < -0.39 is 5.41 Å². The third-order valence-corrected chi connectivity index (χ3v) is 10.9. The van der Waals surface area contributed by atoms with Gasteiger partial charge < -0.3 is 5.32 Å². The van der Waals surface area contributed by atoms with E-state index in [1.807, 2.05) is 30.4 Å². The Bertz CT molecular complexity index is 2460. The Hall–Kier alpha value is -5.92. The minimum atomic E-state index is -0.627. The van der Waals surface area contributed by atoms with Crippen molar-refractivity contribution >= 4 is 17.5 Å². The van der Waals surface area contributed by atoms with Crippen molar-refractivity contribution in [3.8, 4) is 11.1 Å². The second-order valence-corrected chi connectivity index (χ2v) is 13.9. The molecule has 0 saturated heterocycles. The molecular weight excluding hydrogens is 627 g/mol. The quantitative estimate of drug-likeness (QED) is 0.147. The van der Waals surface area contributed by atoms with E-state index in [2.05, 4.69) is 134 Å². The van der Waals surface area contributed by atoms with E-state index in [0.717, 1.165) is 40.7 Å². The summed E-state index contributed by atoms with van der Waals surface area (Å²) in [7, 11) is 0. The maximum absolute atomic E-state index is 9.15. The molecule has 4 atom stereocenters. The average molecular weight is 676 g/mol. The van der Waals surface area contributed by atoms with Crippen LogP contribution in [0, 0.1) is 17.8 Å². The molecule has 1 heteroatoms. The number of anilines is 2. The van der Waals surface area contributed by atoms with Crippen LogP contribution in [-0.4, -0.2) is 0 Å². The van der Waals surface area contributed by atoms with Gasteiger partial charge in [-0.05, 0) is 93.6 Å². The number of fused-ring (bicyclic) bond motifs is 6. The molecule has 0 amide bonds. The van der Waals surface area contributed by atoms with Crippen LogP contribution >= 0.6 is 0 Å². The standard InChI is InChI=1S/C51H45N/c1-4-6-17-36(3)51(40-19-8-7-9-20-40)49-25-15-14-24-46(49)47-33-32-42(35-50(47)51)52-41-30-27-37(28-31-41)26-29-38(16-5-2)48-34-39-18-10-11-21-43(39)44-22-12-13-23-45(44)48/h4-5,7-15,18-35,38,43-44,52H,1-3,6,16-17H2/b29-26+/i27D,28D,30D,31D. The molecule has 1 N–H and O–H groups in total. The van der Waals surface area contributed by atoms with Gasteiger partial charge in [0.15, 0.2) is 0 Å². The minimum absolute atomic E-state index is 0.0597. The zero-order valence-corrected chi connectivity index (χ0v) is 29.4. The van der Waals surface area contributed by atoms with Gasteiger partial charge in [0.25, 0.3) is 0 Å². The first-order valence-electron chi connectivity index (χ1n) is 20.2. The molecule has 254 valence electrons. The van der Waals surface area contributed by atoms with Gasteiger partial charge in [-0.1, -0.05) is 164 Å². The Kier molecular flexibility index (Phi) is 7.94. The van der Waals surface area contributed by atoms with Gasteiger partial charge in [-0.25, -0.2) is 0 Å². The molecule has 0 aliphatic heterocycles. The summed E-state index contributed by atoms with van der Waals surface area (Å²) in [5.74, 6) is 0.462. The molecule has 0 spiro atoms. The first-order valence-corrected chi connectivity index (χ1v) is 18.2. The lowest BCUT2D eigenvalue weighted by Crippen LogP contribution is -2.29. The molecule has 8 rings (SSSR count). The van der Waals surface area contributed by atoms with Gasteiger partial charge in [-0.15, -0.1) is 13.2 Å². The summed E-state index contributed by atoms with van der Waals surface area (Å²) >= 11 is 0. The molecule has 0 saturated carbocycles. The molecule has 4 aromatic rings. The highest BCUT2D eigenvalue weighted by atomic mass is 14.9. The summed E-state index contributed by atoms with van der Waals surface area (Å²) < 4.78 is 36.5. The largest absolute Gasteiger partial charge is 0.356 e. The lowest BCUT2D eigenvalue weighted by molar-refractivity contribution is 0.592. The van der Waals surface area contributed by atoms with Gasteiger partial charge in [-0.3, -0.25) is 0 Å². The second-order valence-electron chi connectivity index (χ2n) is 13.9. The smallest absolute Gasteiger partial charge is 0.0671 e. The molecule has 52 heavy (non-hydrogen) atoms. The first-order chi connectivity index (χ1) is 27.3. The Morgan fingerprint density at radius 3 is 2.35 bits per heavy atom. The number of hydrogen-bond donors (Lipinski definition) is 1. The van der Waals surface area contributed by atoms with Gasteiger partial charge in [0, 0.05) is 29.1 Å². The number of benzene rings is 4. The van der Waals surface area contributed by atoms with Crippen molar-refractivity contribution in [2.75, 3.05) is 5.32 Å². The summed E-state index contributed by atoms with van der Waals surface area (Å²) in [4.78, 5) is 0. The SMILES string of the molecule is [2H]c1c([2H])c(Nc2ccc3c(c2)C(C(=C)CCC=C)(c2ccccc2)c2ccccc2-3)c([2H])c([2H])c1/C=C/C(CC=C)C1=C2C=CC=CC2C2C=CC=CC2=C1. The Morgan fingerprint density at radius 2 is 1.54 bits per heavy atom. The Morgan fingerprint density at radius 1 is 0.788 bits per heavy atom. The number of hydrogen-bond acceptors (Lipinski definition) is 1. The molecule has 4 unspecified atom stereocenters. The van der Waals surface area contributed by atoms with E-state index in [0.29, 0.717) is 12.1 Å². The van der Waals surface area contributed by atoms with E-state index in [1.54, 1.807) is 6.08 Å². The summed E-state index contributed by atoms with van der Waals surface area (Å²) in [5, 5.41) is 3.33. The van der Waals surface area contributed by atoms with Crippen LogP contribution in [0.15, 0.2) is 212 Å². The second kappa shape index (κ2) is 14.4. The third-order valence-electron chi connectivity index (χ3n) is 10.9. The predicted octanol–water partition coefficient (Wildman–Crippen LogP) is 13.2. The van der Waals surface area contributed by atoms with Gasteiger partial charge >= 0.3 is 0 Å². The molecular formula is C51H45N. The van der Waals surface area contributed by atoms with E-state index in [-0.39, 0.29) is 53.2 Å². The van der Waals surface area contributed by atoms with Crippen molar-refractivity contribution in [1.29, 1.82) is 0 Å². The topological polar surface area (TPSA) is 12.0 Å². The summed E-state index contributed by atoms with van der Waals surface area (Å²) in [5.41, 5.74) is 10.8. The monoisotopic (exact) mass is 675 g/mol. The van der Waals surface area contributed by atoms with Crippen LogP contribution < -0.4 is 5.32 Å². The van der Waals surface area contributed by atoms with Gasteiger partial charge in [0.2, 0.25) is 0 Å². The molecule has 0 radical (unpaired) electrons. The Labute approximate surface area is 315 Å². The molecule has 4 aliphatic carbocycles. The van der Waals surface area contributed by atoms with Crippen molar-refractivity contribution in [1.82, 2.24) is 0 Å². The highest BCUT2D eigenvalue weighted by Crippen LogP contribution is 2.57. The summed E-state index contributed by atoms with van der Waals surface area (Å²) in [6.07, 6.45) is 29.4. The zero-order chi connectivity index (χ0) is 39.0. The summed E-state index contributed by atoms with van der Waals surface area (Å²) in [6.45, 7) is 12.7. The van der Waals surface area contributed by atoms with Crippen LogP contribution in [0.5, 0.6) is 0 Å². The molecule has 0 bridgehead atoms. The van der Waals surface area contributed by atoms with E-state index in [4.69, 9.17) is 12.1 Å².